The zero-order valence-corrected chi connectivity index (χ0v) is 10.9. The van der Waals surface area contributed by atoms with Crippen LogP contribution in [0.2, 0.25) is 0 Å². The number of aliphatic hydroxyl groups is 1. The Kier molecular flexibility index (Phi) is 4.62. The van der Waals surface area contributed by atoms with Crippen LogP contribution in [0.5, 0.6) is 0 Å². The molecular weight excluding hydrogens is 222 g/mol. The van der Waals surface area contributed by atoms with Crippen LogP contribution in [0.1, 0.15) is 44.3 Å². The van der Waals surface area contributed by atoms with Crippen molar-refractivity contribution in [3.63, 3.8) is 0 Å². The highest BCUT2D eigenvalue weighted by molar-refractivity contribution is 7.09. The molecule has 4 heteroatoms. The van der Waals surface area contributed by atoms with Gasteiger partial charge in [0, 0.05) is 23.8 Å². The lowest BCUT2D eigenvalue weighted by Gasteiger charge is -2.14. The van der Waals surface area contributed by atoms with Crippen molar-refractivity contribution in [1.82, 2.24) is 4.98 Å². The van der Waals surface area contributed by atoms with Crippen LogP contribution in [0.25, 0.3) is 0 Å². The summed E-state index contributed by atoms with van der Waals surface area (Å²) in [6, 6.07) is 0. The van der Waals surface area contributed by atoms with E-state index in [0.29, 0.717) is 19.3 Å². The van der Waals surface area contributed by atoms with Gasteiger partial charge in [-0.05, 0) is 6.42 Å². The summed E-state index contributed by atoms with van der Waals surface area (Å²) in [6.07, 6.45) is 1.40. The second kappa shape index (κ2) is 5.55. The summed E-state index contributed by atoms with van der Waals surface area (Å²) in [5.41, 5.74) is 1.09. The van der Waals surface area contributed by atoms with Gasteiger partial charge in [0.1, 0.15) is 10.8 Å². The van der Waals surface area contributed by atoms with E-state index < -0.39 is 0 Å². The van der Waals surface area contributed by atoms with Gasteiger partial charge in [-0.2, -0.15) is 0 Å². The van der Waals surface area contributed by atoms with Crippen LogP contribution in [0.15, 0.2) is 5.38 Å². The number of hydrogen-bond acceptors (Lipinski definition) is 4. The second-order valence-corrected chi connectivity index (χ2v) is 5.86. The summed E-state index contributed by atoms with van der Waals surface area (Å²) < 4.78 is 0. The summed E-state index contributed by atoms with van der Waals surface area (Å²) in [5.74, 6) is 0.156. The highest BCUT2D eigenvalue weighted by atomic mass is 32.1. The van der Waals surface area contributed by atoms with Crippen molar-refractivity contribution < 1.29 is 9.90 Å². The van der Waals surface area contributed by atoms with Gasteiger partial charge in [0.05, 0.1) is 12.1 Å². The molecule has 0 aliphatic rings. The Balaban J connectivity index is 2.56. The van der Waals surface area contributed by atoms with E-state index in [2.05, 4.69) is 25.8 Å². The van der Waals surface area contributed by atoms with E-state index in [0.717, 1.165) is 10.7 Å². The Morgan fingerprint density at radius 1 is 1.50 bits per heavy atom. The molecule has 1 aromatic heterocycles. The summed E-state index contributed by atoms with van der Waals surface area (Å²) >= 11 is 1.54. The van der Waals surface area contributed by atoms with Crippen LogP contribution < -0.4 is 0 Å². The fraction of sp³-hybridized carbons (Fsp3) is 0.667. The van der Waals surface area contributed by atoms with Gasteiger partial charge in [-0.3, -0.25) is 4.79 Å². The number of ketones is 1. The summed E-state index contributed by atoms with van der Waals surface area (Å²) in [7, 11) is 0. The smallest absolute Gasteiger partial charge is 0.139 e. The van der Waals surface area contributed by atoms with Crippen LogP contribution in [-0.4, -0.2) is 22.5 Å². The number of nitrogens with zero attached hydrogens (tertiary/aromatic N) is 1. The zero-order valence-electron chi connectivity index (χ0n) is 10.1. The predicted molar refractivity (Wildman–Crippen MR) is 65.8 cm³/mol. The largest absolute Gasteiger partial charge is 0.396 e. The Hall–Kier alpha value is -0.740. The van der Waals surface area contributed by atoms with Crippen LogP contribution in [0.3, 0.4) is 0 Å². The molecule has 0 fully saturated rings. The molecule has 0 unspecified atom stereocenters. The van der Waals surface area contributed by atoms with Gasteiger partial charge in [-0.15, -0.1) is 11.3 Å². The monoisotopic (exact) mass is 241 g/mol. The molecule has 0 aliphatic heterocycles. The Morgan fingerprint density at radius 3 is 2.69 bits per heavy atom. The van der Waals surface area contributed by atoms with Crippen molar-refractivity contribution in [1.29, 1.82) is 0 Å². The van der Waals surface area contributed by atoms with Gasteiger partial charge in [0.2, 0.25) is 0 Å². The molecule has 90 valence electrons. The van der Waals surface area contributed by atoms with E-state index in [4.69, 9.17) is 5.11 Å². The van der Waals surface area contributed by atoms with Gasteiger partial charge in [0.25, 0.3) is 0 Å². The molecular formula is C12H19NO2S. The highest BCUT2D eigenvalue weighted by Crippen LogP contribution is 2.24. The van der Waals surface area contributed by atoms with Gasteiger partial charge in [-0.25, -0.2) is 4.98 Å². The van der Waals surface area contributed by atoms with Crippen molar-refractivity contribution in [2.45, 2.75) is 45.4 Å². The SMILES string of the molecule is CC(C)(C)c1csc(CC(=O)CCCO)n1. The lowest BCUT2D eigenvalue weighted by molar-refractivity contribution is -0.118. The fourth-order valence-corrected chi connectivity index (χ4v) is 2.32. The van der Waals surface area contributed by atoms with E-state index in [1.165, 1.54) is 0 Å². The minimum Gasteiger partial charge on any atom is -0.396 e. The van der Waals surface area contributed by atoms with Gasteiger partial charge < -0.3 is 5.11 Å². The third kappa shape index (κ3) is 4.02. The molecule has 0 bridgehead atoms. The molecule has 0 spiro atoms. The van der Waals surface area contributed by atoms with E-state index in [1.807, 2.05) is 5.38 Å². The Bertz CT molecular complexity index is 352. The molecule has 0 aliphatic carbocycles. The first-order chi connectivity index (χ1) is 7.43. The molecule has 0 saturated heterocycles. The minimum atomic E-state index is 0.0445. The molecule has 16 heavy (non-hydrogen) atoms. The van der Waals surface area contributed by atoms with Crippen LogP contribution in [-0.2, 0) is 16.6 Å². The molecule has 3 nitrogen and oxygen atoms in total. The first-order valence-corrected chi connectivity index (χ1v) is 6.39. The molecule has 0 radical (unpaired) electrons. The van der Waals surface area contributed by atoms with E-state index in [-0.39, 0.29) is 17.8 Å². The van der Waals surface area contributed by atoms with Crippen molar-refractivity contribution in [2.75, 3.05) is 6.61 Å². The number of aromatic nitrogens is 1. The van der Waals surface area contributed by atoms with E-state index in [1.54, 1.807) is 11.3 Å². The molecule has 1 aromatic rings. The van der Waals surface area contributed by atoms with E-state index in [9.17, 15) is 4.79 Å². The van der Waals surface area contributed by atoms with E-state index >= 15 is 0 Å². The fourth-order valence-electron chi connectivity index (χ4n) is 1.27. The number of thiazole rings is 1. The van der Waals surface area contributed by atoms with Gasteiger partial charge >= 0.3 is 0 Å². The maximum absolute atomic E-state index is 11.5. The first kappa shape index (κ1) is 13.3. The number of Topliss-reactive ketones (excluding diaryl/α,β-unsaturated/α-hetero) is 1. The highest BCUT2D eigenvalue weighted by Gasteiger charge is 2.18. The van der Waals surface area contributed by atoms with Crippen molar-refractivity contribution in [2.24, 2.45) is 0 Å². The number of carbonyl (C=O) groups is 1. The maximum Gasteiger partial charge on any atom is 0.139 e. The molecule has 0 amide bonds. The third-order valence-electron chi connectivity index (χ3n) is 2.28. The van der Waals surface area contributed by atoms with Crippen LogP contribution >= 0.6 is 11.3 Å². The standard InChI is InChI=1S/C12H19NO2S/c1-12(2,3)10-8-16-11(13-10)7-9(15)5-4-6-14/h8,14H,4-7H2,1-3H3. The Labute approximate surface area is 101 Å². The molecule has 1 heterocycles. The molecule has 0 saturated carbocycles. The lowest BCUT2D eigenvalue weighted by atomic mass is 9.93. The number of rotatable bonds is 5. The molecule has 1 N–H and O–H groups in total. The second-order valence-electron chi connectivity index (χ2n) is 4.92. The van der Waals surface area contributed by atoms with Crippen molar-refractivity contribution >= 4 is 17.1 Å². The summed E-state index contributed by atoms with van der Waals surface area (Å²) in [6.45, 7) is 6.41. The van der Waals surface area contributed by atoms with Crippen LogP contribution in [0.4, 0.5) is 0 Å². The summed E-state index contributed by atoms with van der Waals surface area (Å²) in [5, 5.41) is 11.5. The molecule has 1 rings (SSSR count). The number of aliphatic hydroxyl groups excluding tert-OH is 1. The quantitative estimate of drug-likeness (QED) is 0.860. The topological polar surface area (TPSA) is 50.2 Å². The normalized spacial score (nSPS) is 11.8. The van der Waals surface area contributed by atoms with Gasteiger partial charge in [-0.1, -0.05) is 20.8 Å². The average molecular weight is 241 g/mol. The summed E-state index contributed by atoms with van der Waals surface area (Å²) in [4.78, 5) is 16.0. The van der Waals surface area contributed by atoms with Crippen molar-refractivity contribution in [3.8, 4) is 0 Å². The maximum atomic E-state index is 11.5. The van der Waals surface area contributed by atoms with Crippen LogP contribution in [0, 0.1) is 0 Å². The lowest BCUT2D eigenvalue weighted by Crippen LogP contribution is -2.12. The minimum absolute atomic E-state index is 0.0445. The zero-order chi connectivity index (χ0) is 12.2. The predicted octanol–water partition coefficient (Wildman–Crippen LogP) is 2.32. The van der Waals surface area contributed by atoms with Gasteiger partial charge in [0.15, 0.2) is 0 Å². The number of carbonyl (C=O) groups excluding carboxylic acids is 1. The average Bonchev–Trinajstić information content (AvgIpc) is 2.62. The van der Waals surface area contributed by atoms with Crippen molar-refractivity contribution in [3.05, 3.63) is 16.1 Å². The Morgan fingerprint density at radius 2 is 2.19 bits per heavy atom. The molecule has 0 atom stereocenters. The molecule has 0 aromatic carbocycles. The third-order valence-corrected chi connectivity index (χ3v) is 3.13. The first-order valence-electron chi connectivity index (χ1n) is 5.51. The number of hydrogen-bond donors (Lipinski definition) is 1.